The molecule has 1 saturated carbocycles. The van der Waals surface area contributed by atoms with Crippen LogP contribution in [0.1, 0.15) is 32.1 Å². The molecule has 0 aromatic heterocycles. The zero-order valence-corrected chi connectivity index (χ0v) is 10.1. The molecule has 0 atom stereocenters. The SMILES string of the molecule is C1CCCC1.[CH3-].[CH3-].[CH3-].[CH3-].[Pt+4]. The van der Waals surface area contributed by atoms with Gasteiger partial charge in [0.15, 0.2) is 0 Å². The van der Waals surface area contributed by atoms with Gasteiger partial charge >= 0.3 is 21.1 Å². The predicted molar refractivity (Wildman–Crippen MR) is 48.7 cm³/mol. The molecule has 0 nitrogen and oxygen atoms in total. The van der Waals surface area contributed by atoms with Crippen molar-refractivity contribution in [2.24, 2.45) is 0 Å². The van der Waals surface area contributed by atoms with E-state index in [2.05, 4.69) is 0 Å². The van der Waals surface area contributed by atoms with E-state index >= 15 is 0 Å². The Morgan fingerprint density at radius 1 is 0.400 bits per heavy atom. The first kappa shape index (κ1) is 31.0. The fourth-order valence-electron chi connectivity index (χ4n) is 0.884. The molecule has 0 aromatic carbocycles. The fourth-order valence-corrected chi connectivity index (χ4v) is 0.884. The van der Waals surface area contributed by atoms with Crippen molar-refractivity contribution in [1.29, 1.82) is 0 Å². The Bertz CT molecular complexity index is 16.3. The van der Waals surface area contributed by atoms with Gasteiger partial charge in [0.25, 0.3) is 0 Å². The van der Waals surface area contributed by atoms with Crippen molar-refractivity contribution in [3.8, 4) is 0 Å². The average molecular weight is 325 g/mol. The molecule has 1 heteroatoms. The van der Waals surface area contributed by atoms with Crippen LogP contribution in [0.3, 0.4) is 0 Å². The normalized spacial score (nSPS) is 12.0. The maximum absolute atomic E-state index is 1.50. The van der Waals surface area contributed by atoms with Crippen LogP contribution < -0.4 is 0 Å². The molecule has 0 bridgehead atoms. The van der Waals surface area contributed by atoms with E-state index in [0.717, 1.165) is 0 Å². The molecule has 0 heterocycles. The molecule has 0 spiro atoms. The summed E-state index contributed by atoms with van der Waals surface area (Å²) in [5, 5.41) is 0. The van der Waals surface area contributed by atoms with Crippen molar-refractivity contribution in [2.45, 2.75) is 32.1 Å². The summed E-state index contributed by atoms with van der Waals surface area (Å²) in [4.78, 5) is 0. The van der Waals surface area contributed by atoms with Crippen LogP contribution in [-0.4, -0.2) is 0 Å². The van der Waals surface area contributed by atoms with Crippen molar-refractivity contribution in [2.75, 3.05) is 0 Å². The molecular formula is C9H22Pt. The average Bonchev–Trinajstić information content (AvgIpc) is 1.76. The number of hydrogen-bond donors (Lipinski definition) is 0. The third-order valence-corrected chi connectivity index (χ3v) is 1.25. The molecule has 0 radical (unpaired) electrons. The maximum Gasteiger partial charge on any atom is 4.00 e. The molecule has 1 aliphatic rings. The van der Waals surface area contributed by atoms with Crippen molar-refractivity contribution >= 4 is 0 Å². The molecule has 0 N–H and O–H groups in total. The zero-order valence-electron chi connectivity index (χ0n) is 7.85. The quantitative estimate of drug-likeness (QED) is 0.595. The second kappa shape index (κ2) is 22.6. The smallest absolute Gasteiger partial charge is 0.358 e. The largest absolute Gasteiger partial charge is 4.00 e. The van der Waals surface area contributed by atoms with Gasteiger partial charge in [0.1, 0.15) is 0 Å². The fraction of sp³-hybridized carbons (Fsp3) is 0.556. The maximum atomic E-state index is 1.50. The van der Waals surface area contributed by atoms with Gasteiger partial charge in [0.05, 0.1) is 0 Å². The summed E-state index contributed by atoms with van der Waals surface area (Å²) in [6, 6.07) is 0. The summed E-state index contributed by atoms with van der Waals surface area (Å²) in [7, 11) is 0. The molecule has 0 saturated heterocycles. The van der Waals surface area contributed by atoms with Crippen LogP contribution in [0.15, 0.2) is 0 Å². The minimum absolute atomic E-state index is 0. The first-order valence-electron chi connectivity index (χ1n) is 2.50. The molecule has 1 fully saturated rings. The molecule has 0 aliphatic heterocycles. The Balaban J connectivity index is -0.0000000167. The second-order valence-corrected chi connectivity index (χ2v) is 1.77. The topological polar surface area (TPSA) is 0 Å². The van der Waals surface area contributed by atoms with Crippen LogP contribution in [0.2, 0.25) is 0 Å². The summed E-state index contributed by atoms with van der Waals surface area (Å²) in [5.41, 5.74) is 0. The van der Waals surface area contributed by atoms with E-state index in [1.54, 1.807) is 0 Å². The summed E-state index contributed by atoms with van der Waals surface area (Å²) < 4.78 is 0. The number of rotatable bonds is 0. The Labute approximate surface area is 83.1 Å². The molecule has 1 rings (SSSR count). The summed E-state index contributed by atoms with van der Waals surface area (Å²) in [6.45, 7) is 0. The van der Waals surface area contributed by atoms with Gasteiger partial charge < -0.3 is 29.7 Å². The minimum atomic E-state index is 0. The first-order chi connectivity index (χ1) is 2.50. The van der Waals surface area contributed by atoms with Crippen molar-refractivity contribution in [3.63, 3.8) is 0 Å². The Hall–Kier alpha value is 0.688. The van der Waals surface area contributed by atoms with Crippen molar-refractivity contribution in [1.82, 2.24) is 0 Å². The van der Waals surface area contributed by atoms with Crippen LogP contribution in [0, 0.1) is 29.7 Å². The van der Waals surface area contributed by atoms with Gasteiger partial charge in [0.2, 0.25) is 0 Å². The van der Waals surface area contributed by atoms with E-state index in [1.807, 2.05) is 0 Å². The summed E-state index contributed by atoms with van der Waals surface area (Å²) in [6.07, 6.45) is 7.50. The third kappa shape index (κ3) is 15.9. The number of hydrogen-bond acceptors (Lipinski definition) is 0. The minimum Gasteiger partial charge on any atom is -0.358 e. The third-order valence-electron chi connectivity index (χ3n) is 1.25. The van der Waals surface area contributed by atoms with E-state index in [0.29, 0.717) is 0 Å². The van der Waals surface area contributed by atoms with E-state index in [-0.39, 0.29) is 50.8 Å². The van der Waals surface area contributed by atoms with E-state index in [4.69, 9.17) is 0 Å². The van der Waals surface area contributed by atoms with Crippen LogP contribution in [0.4, 0.5) is 0 Å². The van der Waals surface area contributed by atoms with E-state index in [9.17, 15) is 0 Å². The van der Waals surface area contributed by atoms with Crippen LogP contribution in [0.5, 0.6) is 0 Å². The standard InChI is InChI=1S/C5H10.4CH3.Pt/c1-2-4-5-3-1;;;;;/h1-5H2;4*1H3;/q;4*-1;+4. The van der Waals surface area contributed by atoms with Gasteiger partial charge in [-0.25, -0.2) is 0 Å². The van der Waals surface area contributed by atoms with E-state index < -0.39 is 0 Å². The van der Waals surface area contributed by atoms with Gasteiger partial charge in [-0.2, -0.15) is 0 Å². The van der Waals surface area contributed by atoms with Crippen LogP contribution in [0.25, 0.3) is 0 Å². The predicted octanol–water partition coefficient (Wildman–Crippen LogP) is 3.75. The van der Waals surface area contributed by atoms with Crippen molar-refractivity contribution in [3.05, 3.63) is 29.7 Å². The molecular weight excluding hydrogens is 303 g/mol. The Morgan fingerprint density at radius 3 is 0.600 bits per heavy atom. The Kier molecular flexibility index (Phi) is 70.1. The molecule has 1 aliphatic carbocycles. The van der Waals surface area contributed by atoms with Crippen molar-refractivity contribution < 1.29 is 21.1 Å². The van der Waals surface area contributed by atoms with Crippen LogP contribution >= 0.6 is 0 Å². The Morgan fingerprint density at radius 2 is 0.500 bits per heavy atom. The van der Waals surface area contributed by atoms with Gasteiger partial charge in [-0.15, -0.1) is 0 Å². The molecule has 0 amide bonds. The second-order valence-electron chi connectivity index (χ2n) is 1.77. The van der Waals surface area contributed by atoms with Gasteiger partial charge in [-0.1, -0.05) is 32.1 Å². The molecule has 10 heavy (non-hydrogen) atoms. The summed E-state index contributed by atoms with van der Waals surface area (Å²) in [5.74, 6) is 0. The summed E-state index contributed by atoms with van der Waals surface area (Å²) >= 11 is 0. The zero-order chi connectivity index (χ0) is 3.54. The first-order valence-corrected chi connectivity index (χ1v) is 2.50. The molecule has 0 unspecified atom stereocenters. The van der Waals surface area contributed by atoms with Gasteiger partial charge in [-0.3, -0.25) is 0 Å². The van der Waals surface area contributed by atoms with Gasteiger partial charge in [-0.05, 0) is 0 Å². The van der Waals surface area contributed by atoms with Gasteiger partial charge in [0, 0.05) is 0 Å². The molecule has 0 aromatic rings. The van der Waals surface area contributed by atoms with Crippen LogP contribution in [-0.2, 0) is 21.1 Å². The molecule has 68 valence electrons. The monoisotopic (exact) mass is 325 g/mol. The van der Waals surface area contributed by atoms with E-state index in [1.165, 1.54) is 32.1 Å².